The Balaban J connectivity index is 0.00000264. The lowest BCUT2D eigenvalue weighted by molar-refractivity contribution is 0.370. The fraction of sp³-hybridized carbons (Fsp3) is 0.611. The molecule has 1 saturated heterocycles. The second-order valence-electron chi connectivity index (χ2n) is 6.67. The quantitative estimate of drug-likeness (QED) is 0.440. The van der Waals surface area contributed by atoms with Crippen molar-refractivity contribution in [3.8, 4) is 5.75 Å². The van der Waals surface area contributed by atoms with Crippen LogP contribution < -0.4 is 10.1 Å². The molecule has 1 aliphatic heterocycles. The number of hydrogen-bond acceptors (Lipinski definition) is 2. The molecule has 0 unspecified atom stereocenters. The average molecular weight is 431 g/mol. The summed E-state index contributed by atoms with van der Waals surface area (Å²) in [5, 5.41) is 3.42. The van der Waals surface area contributed by atoms with Crippen LogP contribution in [-0.4, -0.2) is 44.1 Å². The fourth-order valence-corrected chi connectivity index (χ4v) is 2.84. The zero-order valence-corrected chi connectivity index (χ0v) is 17.1. The van der Waals surface area contributed by atoms with Gasteiger partial charge in [-0.25, -0.2) is 0 Å². The second kappa shape index (κ2) is 9.35. The highest BCUT2D eigenvalue weighted by atomic mass is 127. The van der Waals surface area contributed by atoms with Crippen molar-refractivity contribution in [2.75, 3.05) is 33.3 Å². The van der Waals surface area contributed by atoms with Gasteiger partial charge in [-0.1, -0.05) is 26.0 Å². The van der Waals surface area contributed by atoms with Crippen molar-refractivity contribution in [1.29, 1.82) is 0 Å². The predicted molar refractivity (Wildman–Crippen MR) is 108 cm³/mol. The topological polar surface area (TPSA) is 36.9 Å². The second-order valence-corrected chi connectivity index (χ2v) is 6.67. The van der Waals surface area contributed by atoms with E-state index < -0.39 is 0 Å². The van der Waals surface area contributed by atoms with E-state index in [2.05, 4.69) is 43.1 Å². The van der Waals surface area contributed by atoms with E-state index in [9.17, 15) is 0 Å². The molecule has 0 bridgehead atoms. The molecule has 0 aromatic heterocycles. The summed E-state index contributed by atoms with van der Waals surface area (Å²) in [5.41, 5.74) is 1.66. The van der Waals surface area contributed by atoms with Gasteiger partial charge in [0.2, 0.25) is 0 Å². The minimum absolute atomic E-state index is 0. The lowest BCUT2D eigenvalue weighted by atomic mass is 9.93. The minimum atomic E-state index is 0. The van der Waals surface area contributed by atoms with Crippen molar-refractivity contribution < 1.29 is 4.74 Å². The Hall–Kier alpha value is -0.980. The highest BCUT2D eigenvalue weighted by Gasteiger charge is 2.30. The van der Waals surface area contributed by atoms with Crippen molar-refractivity contribution in [2.24, 2.45) is 10.4 Å². The molecule has 0 spiro atoms. The SMILES string of the molecule is CCNC(=NCCc1cccc(OC)c1)N1CCC(C)(C)C1.I. The standard InChI is InChI=1S/C18H29N3O.HI/c1-5-19-17(21-12-10-18(2,3)14-21)20-11-9-15-7-6-8-16(13-15)22-4;/h6-8,13H,5,9-12,14H2,1-4H3,(H,19,20);1H. The van der Waals surface area contributed by atoms with Gasteiger partial charge < -0.3 is 15.0 Å². The van der Waals surface area contributed by atoms with Gasteiger partial charge in [-0.2, -0.15) is 0 Å². The maximum Gasteiger partial charge on any atom is 0.193 e. The first-order valence-corrected chi connectivity index (χ1v) is 8.20. The van der Waals surface area contributed by atoms with Crippen LogP contribution in [0.15, 0.2) is 29.3 Å². The normalized spacial score (nSPS) is 16.9. The van der Waals surface area contributed by atoms with Gasteiger partial charge in [0.15, 0.2) is 5.96 Å². The number of guanidine groups is 1. The number of hydrogen-bond donors (Lipinski definition) is 1. The zero-order chi connectivity index (χ0) is 16.0. The van der Waals surface area contributed by atoms with E-state index in [1.807, 2.05) is 12.1 Å². The molecule has 0 radical (unpaired) electrons. The maximum absolute atomic E-state index is 5.27. The molecule has 0 aliphatic carbocycles. The Bertz CT molecular complexity index is 517. The highest BCUT2D eigenvalue weighted by Crippen LogP contribution is 2.28. The number of rotatable bonds is 5. The van der Waals surface area contributed by atoms with Crippen molar-refractivity contribution >= 4 is 29.9 Å². The number of aliphatic imine (C=N–C) groups is 1. The van der Waals surface area contributed by atoms with Gasteiger partial charge in [0.1, 0.15) is 5.75 Å². The van der Waals surface area contributed by atoms with Crippen LogP contribution in [-0.2, 0) is 6.42 Å². The van der Waals surface area contributed by atoms with E-state index in [4.69, 9.17) is 9.73 Å². The number of benzene rings is 1. The van der Waals surface area contributed by atoms with Gasteiger partial charge in [0, 0.05) is 26.2 Å². The largest absolute Gasteiger partial charge is 0.497 e. The molecule has 1 aromatic rings. The van der Waals surface area contributed by atoms with E-state index in [1.165, 1.54) is 12.0 Å². The van der Waals surface area contributed by atoms with E-state index in [-0.39, 0.29) is 24.0 Å². The number of likely N-dealkylation sites (tertiary alicyclic amines) is 1. The van der Waals surface area contributed by atoms with Crippen LogP contribution in [0.3, 0.4) is 0 Å². The lowest BCUT2D eigenvalue weighted by Gasteiger charge is -2.23. The number of nitrogens with one attached hydrogen (secondary N) is 1. The molecule has 0 atom stereocenters. The Morgan fingerprint density at radius 3 is 2.78 bits per heavy atom. The average Bonchev–Trinajstić information content (AvgIpc) is 2.86. The maximum atomic E-state index is 5.27. The minimum Gasteiger partial charge on any atom is -0.497 e. The predicted octanol–water partition coefficient (Wildman–Crippen LogP) is 3.55. The zero-order valence-electron chi connectivity index (χ0n) is 14.8. The lowest BCUT2D eigenvalue weighted by Crippen LogP contribution is -2.40. The van der Waals surface area contributed by atoms with E-state index in [0.29, 0.717) is 5.41 Å². The summed E-state index contributed by atoms with van der Waals surface area (Å²) in [6.07, 6.45) is 2.16. The summed E-state index contributed by atoms with van der Waals surface area (Å²) in [6.45, 7) is 10.7. The van der Waals surface area contributed by atoms with Crippen LogP contribution >= 0.6 is 24.0 Å². The molecular weight excluding hydrogens is 401 g/mol. The molecule has 1 N–H and O–H groups in total. The molecule has 4 nitrogen and oxygen atoms in total. The molecule has 2 rings (SSSR count). The first-order chi connectivity index (χ1) is 10.5. The smallest absolute Gasteiger partial charge is 0.193 e. The summed E-state index contributed by atoms with van der Waals surface area (Å²) < 4.78 is 5.27. The number of nitrogens with zero attached hydrogens (tertiary/aromatic N) is 2. The Kier molecular flexibility index (Phi) is 8.16. The molecule has 23 heavy (non-hydrogen) atoms. The van der Waals surface area contributed by atoms with Crippen LogP contribution in [0.1, 0.15) is 32.8 Å². The molecule has 1 fully saturated rings. The molecule has 1 aliphatic rings. The van der Waals surface area contributed by atoms with Crippen LogP contribution in [0.25, 0.3) is 0 Å². The van der Waals surface area contributed by atoms with Gasteiger partial charge >= 0.3 is 0 Å². The van der Waals surface area contributed by atoms with Crippen LogP contribution in [0.4, 0.5) is 0 Å². The summed E-state index contributed by atoms with van der Waals surface area (Å²) in [7, 11) is 1.70. The van der Waals surface area contributed by atoms with E-state index in [0.717, 1.165) is 44.3 Å². The summed E-state index contributed by atoms with van der Waals surface area (Å²) in [6, 6.07) is 8.22. The van der Waals surface area contributed by atoms with Crippen molar-refractivity contribution in [2.45, 2.75) is 33.6 Å². The van der Waals surface area contributed by atoms with E-state index in [1.54, 1.807) is 7.11 Å². The monoisotopic (exact) mass is 431 g/mol. The molecule has 130 valence electrons. The first-order valence-electron chi connectivity index (χ1n) is 8.20. The third kappa shape index (κ3) is 6.20. The summed E-state index contributed by atoms with van der Waals surface area (Å²) in [5.74, 6) is 1.96. The molecular formula is C18H30IN3O. The van der Waals surface area contributed by atoms with Crippen LogP contribution in [0, 0.1) is 5.41 Å². The Labute approximate surface area is 157 Å². The summed E-state index contributed by atoms with van der Waals surface area (Å²) >= 11 is 0. The van der Waals surface area contributed by atoms with Crippen molar-refractivity contribution in [3.63, 3.8) is 0 Å². The van der Waals surface area contributed by atoms with Crippen molar-refractivity contribution in [3.05, 3.63) is 29.8 Å². The number of methoxy groups -OCH3 is 1. The third-order valence-corrected chi connectivity index (χ3v) is 4.11. The first kappa shape index (κ1) is 20.1. The van der Waals surface area contributed by atoms with Gasteiger partial charge in [0.05, 0.1) is 7.11 Å². The molecule has 0 saturated carbocycles. The Morgan fingerprint density at radius 1 is 1.39 bits per heavy atom. The third-order valence-electron chi connectivity index (χ3n) is 4.11. The molecule has 1 heterocycles. The van der Waals surface area contributed by atoms with Gasteiger partial charge in [-0.15, -0.1) is 24.0 Å². The van der Waals surface area contributed by atoms with Crippen LogP contribution in [0.2, 0.25) is 0 Å². The highest BCUT2D eigenvalue weighted by molar-refractivity contribution is 14.0. The van der Waals surface area contributed by atoms with Crippen LogP contribution in [0.5, 0.6) is 5.75 Å². The Morgan fingerprint density at radius 2 is 2.17 bits per heavy atom. The molecule has 1 aromatic carbocycles. The van der Waals surface area contributed by atoms with Gasteiger partial charge in [-0.05, 0) is 42.9 Å². The number of ether oxygens (including phenoxy) is 1. The molecule has 0 amide bonds. The van der Waals surface area contributed by atoms with Crippen molar-refractivity contribution in [1.82, 2.24) is 10.2 Å². The summed E-state index contributed by atoms with van der Waals surface area (Å²) in [4.78, 5) is 7.19. The van der Waals surface area contributed by atoms with Gasteiger partial charge in [0.25, 0.3) is 0 Å². The fourth-order valence-electron chi connectivity index (χ4n) is 2.84. The van der Waals surface area contributed by atoms with Gasteiger partial charge in [-0.3, -0.25) is 4.99 Å². The van der Waals surface area contributed by atoms with E-state index >= 15 is 0 Å². The molecule has 5 heteroatoms. The number of halogens is 1.